The van der Waals surface area contributed by atoms with Crippen LogP contribution in [-0.4, -0.2) is 60.1 Å². The standard InChI is InChI=1S/C47H51F3N2O8Si/c1-9-21-52(22-10-2)38-33-25-31-24-32-34(58-47(48,49)50)23-28(3)40(56-26-29-17-13-11-14-18-29)36(32)39(53)35(31)42(54)46(33,60-61(7,8)45(4,5)6)43(55)37-41(38)59-51-44(37)57-27-30-19-15-12-16-20-30/h9-20,23,31,33,38,53H,1-2,21-22,24-27H2,3-8H3/t31-,33-,38-,46-/m0/s1. The number of carbonyl (C=O) groups is 2. The second kappa shape index (κ2) is 16.4. The maximum Gasteiger partial charge on any atom is 0.573 e. The largest absolute Gasteiger partial charge is 0.573 e. The van der Waals surface area contributed by atoms with Crippen molar-refractivity contribution >= 4 is 25.6 Å². The van der Waals surface area contributed by atoms with Gasteiger partial charge in [0, 0.05) is 30.1 Å². The van der Waals surface area contributed by atoms with Gasteiger partial charge in [0.2, 0.25) is 11.6 Å². The van der Waals surface area contributed by atoms with E-state index in [2.05, 4.69) is 23.1 Å². The van der Waals surface area contributed by atoms with E-state index >= 15 is 9.59 Å². The number of hydrogen-bond donors (Lipinski definition) is 1. The summed E-state index contributed by atoms with van der Waals surface area (Å²) in [5, 5.41) is 16.3. The average Bonchev–Trinajstić information content (AvgIpc) is 3.61. The molecule has 7 rings (SSSR count). The minimum absolute atomic E-state index is 0.0126. The van der Waals surface area contributed by atoms with Crippen LogP contribution in [0.25, 0.3) is 5.76 Å². The second-order valence-electron chi connectivity index (χ2n) is 17.4. The first-order valence-electron chi connectivity index (χ1n) is 20.3. The number of benzene rings is 3. The maximum absolute atomic E-state index is 16.0. The third-order valence-corrected chi connectivity index (χ3v) is 16.9. The predicted molar refractivity (Wildman–Crippen MR) is 226 cm³/mol. The molecular weight excluding hydrogens is 806 g/mol. The van der Waals surface area contributed by atoms with Crippen LogP contribution in [0.15, 0.2) is 102 Å². The van der Waals surface area contributed by atoms with Gasteiger partial charge in [-0.15, -0.1) is 26.3 Å². The van der Waals surface area contributed by atoms with Crippen LogP contribution in [0.1, 0.15) is 77.2 Å². The highest BCUT2D eigenvalue weighted by Gasteiger charge is 2.69. The maximum atomic E-state index is 16.0. The average molecular weight is 857 g/mol. The molecule has 4 aromatic rings. The predicted octanol–water partition coefficient (Wildman–Crippen LogP) is 10.4. The summed E-state index contributed by atoms with van der Waals surface area (Å²) in [6, 6.07) is 18.8. The minimum Gasteiger partial charge on any atom is -0.507 e. The van der Waals surface area contributed by atoms with Crippen LogP contribution in [0.5, 0.6) is 17.4 Å². The first kappa shape index (κ1) is 43.6. The number of ether oxygens (including phenoxy) is 3. The molecule has 1 heterocycles. The lowest BCUT2D eigenvalue weighted by atomic mass is 9.57. The zero-order chi connectivity index (χ0) is 44.1. The molecule has 4 atom stereocenters. The summed E-state index contributed by atoms with van der Waals surface area (Å²) >= 11 is 0. The number of hydrogen-bond acceptors (Lipinski definition) is 10. The van der Waals surface area contributed by atoms with Gasteiger partial charge >= 0.3 is 6.36 Å². The number of Topliss-reactive ketones (excluding diaryl/α,β-unsaturated/α-hetero) is 2. The Balaban J connectivity index is 1.47. The fraction of sp³-hybridized carbons (Fsp3) is 0.383. The molecule has 0 saturated heterocycles. The number of aryl methyl sites for hydroxylation is 1. The van der Waals surface area contributed by atoms with Gasteiger partial charge in [-0.2, -0.15) is 0 Å². The van der Waals surface area contributed by atoms with Crippen LogP contribution in [0.4, 0.5) is 13.2 Å². The number of nitrogens with zero attached hydrogens (tertiary/aromatic N) is 2. The van der Waals surface area contributed by atoms with Crippen molar-refractivity contribution in [3.05, 3.63) is 137 Å². The molecule has 1 fully saturated rings. The Bertz CT molecular complexity index is 2360. The van der Waals surface area contributed by atoms with Crippen LogP contribution < -0.4 is 14.2 Å². The van der Waals surface area contributed by atoms with E-state index in [0.29, 0.717) is 0 Å². The molecule has 3 aliphatic carbocycles. The molecule has 0 unspecified atom stereocenters. The summed E-state index contributed by atoms with van der Waals surface area (Å²) < 4.78 is 72.6. The van der Waals surface area contributed by atoms with Gasteiger partial charge < -0.3 is 28.3 Å². The quantitative estimate of drug-likeness (QED) is 0.0745. The minimum atomic E-state index is -5.07. The molecule has 1 saturated carbocycles. The van der Waals surface area contributed by atoms with Crippen LogP contribution in [0, 0.1) is 18.8 Å². The number of halogens is 3. The number of rotatable bonds is 14. The van der Waals surface area contributed by atoms with Crippen molar-refractivity contribution in [2.24, 2.45) is 11.8 Å². The summed E-state index contributed by atoms with van der Waals surface area (Å²) in [4.78, 5) is 33.7. The van der Waals surface area contributed by atoms with E-state index in [1.54, 1.807) is 19.1 Å². The third kappa shape index (κ3) is 7.96. The van der Waals surface area contributed by atoms with Gasteiger partial charge in [0.25, 0.3) is 5.88 Å². The molecule has 10 nitrogen and oxygen atoms in total. The van der Waals surface area contributed by atoms with Crippen molar-refractivity contribution in [3.63, 3.8) is 0 Å². The Kier molecular flexibility index (Phi) is 11.8. The van der Waals surface area contributed by atoms with Gasteiger partial charge in [0.1, 0.15) is 36.0 Å². The monoisotopic (exact) mass is 856 g/mol. The van der Waals surface area contributed by atoms with Crippen molar-refractivity contribution < 1.29 is 51.0 Å². The zero-order valence-corrected chi connectivity index (χ0v) is 36.2. The fourth-order valence-electron chi connectivity index (χ4n) is 8.69. The number of carbonyl (C=O) groups excluding carboxylic acids is 2. The topological polar surface area (TPSA) is 121 Å². The lowest BCUT2D eigenvalue weighted by Crippen LogP contribution is -2.68. The van der Waals surface area contributed by atoms with E-state index in [1.165, 1.54) is 6.07 Å². The molecule has 0 amide bonds. The summed E-state index contributed by atoms with van der Waals surface area (Å²) in [6.45, 7) is 19.9. The summed E-state index contributed by atoms with van der Waals surface area (Å²) in [7, 11) is -3.11. The number of fused-ring (bicyclic) bond motifs is 4. The normalized spacial score (nSPS) is 21.3. The SMILES string of the molecule is C=CCN(CC=C)[C@@H]1c2onc(OCc3ccccc3)c2C(=O)[C@@]2(O[Si](C)(C)C(C)(C)C)C(=O)C3=C(O)c4c(c(OC(F)(F)F)cc(C)c4OCc4ccccc4)C[C@H]3C[C@@H]12. The first-order valence-corrected chi connectivity index (χ1v) is 23.2. The third-order valence-electron chi connectivity index (χ3n) is 12.4. The van der Waals surface area contributed by atoms with Crippen molar-refractivity contribution in [1.29, 1.82) is 0 Å². The molecule has 3 aliphatic rings. The molecule has 3 aromatic carbocycles. The van der Waals surface area contributed by atoms with Gasteiger partial charge in [0.15, 0.2) is 19.7 Å². The van der Waals surface area contributed by atoms with Gasteiger partial charge in [-0.1, -0.05) is 93.6 Å². The lowest BCUT2D eigenvalue weighted by molar-refractivity contribution is -0.275. The molecule has 14 heteroatoms. The summed E-state index contributed by atoms with van der Waals surface area (Å²) in [5.41, 5.74) is -0.723. The van der Waals surface area contributed by atoms with Crippen molar-refractivity contribution in [1.82, 2.24) is 10.1 Å². The Morgan fingerprint density at radius 1 is 0.934 bits per heavy atom. The van der Waals surface area contributed by atoms with Crippen molar-refractivity contribution in [2.75, 3.05) is 13.1 Å². The van der Waals surface area contributed by atoms with Gasteiger partial charge in [-0.05, 0) is 71.7 Å². The molecule has 1 N–H and O–H groups in total. The number of aliphatic hydroxyl groups is 1. The van der Waals surface area contributed by atoms with E-state index in [1.807, 2.05) is 99.4 Å². The van der Waals surface area contributed by atoms with E-state index in [0.717, 1.165) is 11.1 Å². The van der Waals surface area contributed by atoms with E-state index in [-0.39, 0.29) is 84.4 Å². The van der Waals surface area contributed by atoms with Crippen LogP contribution in [0.2, 0.25) is 18.1 Å². The number of ketones is 2. The highest BCUT2D eigenvalue weighted by atomic mass is 28.4. The van der Waals surface area contributed by atoms with Crippen LogP contribution >= 0.6 is 0 Å². The van der Waals surface area contributed by atoms with E-state index < -0.39 is 66.3 Å². The molecule has 0 spiro atoms. The lowest BCUT2D eigenvalue weighted by Gasteiger charge is -2.55. The van der Waals surface area contributed by atoms with Crippen molar-refractivity contribution in [3.8, 4) is 17.4 Å². The second-order valence-corrected chi connectivity index (χ2v) is 22.2. The van der Waals surface area contributed by atoms with Crippen molar-refractivity contribution in [2.45, 2.75) is 89.9 Å². The van der Waals surface area contributed by atoms with Gasteiger partial charge in [-0.3, -0.25) is 14.5 Å². The Labute approximate surface area is 354 Å². The van der Waals surface area contributed by atoms with E-state index in [9.17, 15) is 18.3 Å². The Morgan fingerprint density at radius 2 is 1.52 bits per heavy atom. The van der Waals surface area contributed by atoms with Crippen LogP contribution in [0.3, 0.4) is 0 Å². The fourth-order valence-corrected chi connectivity index (χ4v) is 10.1. The molecule has 322 valence electrons. The number of aliphatic hydroxyl groups excluding tert-OH is 1. The first-order chi connectivity index (χ1) is 28.8. The number of aromatic nitrogens is 1. The van der Waals surface area contributed by atoms with Gasteiger partial charge in [0.05, 0.1) is 11.6 Å². The molecule has 61 heavy (non-hydrogen) atoms. The number of alkyl halides is 3. The van der Waals surface area contributed by atoms with E-state index in [4.69, 9.17) is 18.4 Å². The molecule has 0 radical (unpaired) electrons. The smallest absolute Gasteiger partial charge is 0.507 e. The summed E-state index contributed by atoms with van der Waals surface area (Å²) in [5.74, 6) is -4.38. The Hall–Kier alpha value is -5.44. The molecule has 0 aliphatic heterocycles. The summed E-state index contributed by atoms with van der Waals surface area (Å²) in [6.07, 6.45) is -1.85. The highest BCUT2D eigenvalue weighted by Crippen LogP contribution is 2.60. The van der Waals surface area contributed by atoms with Crippen LogP contribution in [-0.2, 0) is 28.9 Å². The highest BCUT2D eigenvalue weighted by molar-refractivity contribution is 6.74. The molecular formula is C47H51F3N2O8Si. The molecule has 1 aromatic heterocycles. The van der Waals surface area contributed by atoms with Gasteiger partial charge in [-0.25, -0.2) is 0 Å². The Morgan fingerprint density at radius 3 is 2.08 bits per heavy atom. The molecule has 0 bridgehead atoms. The zero-order valence-electron chi connectivity index (χ0n) is 35.2.